The lowest BCUT2D eigenvalue weighted by molar-refractivity contribution is -0.128. The number of nitrogens with zero attached hydrogens (tertiary/aromatic N) is 1. The largest absolute Gasteiger partial charge is 0.451 e. The molecule has 2 aliphatic rings. The molecular formula is C37H37ClN2O4. The molecule has 1 N–H and O–H groups in total. The van der Waals surface area contributed by atoms with E-state index in [2.05, 4.69) is 35.7 Å². The second-order valence-electron chi connectivity index (χ2n) is 12.0. The van der Waals surface area contributed by atoms with Crippen molar-refractivity contribution in [2.75, 3.05) is 6.54 Å². The Morgan fingerprint density at radius 3 is 2.50 bits per heavy atom. The predicted octanol–water partition coefficient (Wildman–Crippen LogP) is 7.58. The van der Waals surface area contributed by atoms with Gasteiger partial charge < -0.3 is 14.6 Å². The second-order valence-corrected chi connectivity index (χ2v) is 12.4. The van der Waals surface area contributed by atoms with Crippen molar-refractivity contribution in [2.45, 2.75) is 69.9 Å². The number of fused-ring (bicyclic) bond motifs is 1. The summed E-state index contributed by atoms with van der Waals surface area (Å²) in [6, 6.07) is 24.3. The highest BCUT2D eigenvalue weighted by atomic mass is 35.5. The van der Waals surface area contributed by atoms with Gasteiger partial charge in [-0.2, -0.15) is 0 Å². The highest BCUT2D eigenvalue weighted by molar-refractivity contribution is 6.30. The highest BCUT2D eigenvalue weighted by Crippen LogP contribution is 2.37. The second kappa shape index (κ2) is 13.6. The first-order chi connectivity index (χ1) is 21.4. The zero-order chi connectivity index (χ0) is 30.5. The van der Waals surface area contributed by atoms with Crippen molar-refractivity contribution in [3.8, 4) is 0 Å². The van der Waals surface area contributed by atoms with Crippen molar-refractivity contribution >= 4 is 34.4 Å². The molecule has 2 heterocycles. The molecular weight excluding hydrogens is 572 g/mol. The molecule has 6 nitrogen and oxygen atoms in total. The van der Waals surface area contributed by atoms with Gasteiger partial charge >= 0.3 is 0 Å². The van der Waals surface area contributed by atoms with Crippen LogP contribution in [-0.4, -0.2) is 29.3 Å². The fourth-order valence-corrected chi connectivity index (χ4v) is 6.66. The van der Waals surface area contributed by atoms with E-state index in [0.29, 0.717) is 47.7 Å². The molecule has 44 heavy (non-hydrogen) atoms. The monoisotopic (exact) mass is 608 g/mol. The summed E-state index contributed by atoms with van der Waals surface area (Å²) in [4.78, 5) is 40.2. The minimum absolute atomic E-state index is 0.0114. The molecule has 2 fully saturated rings. The Morgan fingerprint density at radius 2 is 1.73 bits per heavy atom. The fraction of sp³-hybridized carbons (Fsp3) is 0.324. The van der Waals surface area contributed by atoms with Gasteiger partial charge in [0.05, 0.1) is 5.39 Å². The van der Waals surface area contributed by atoms with Crippen LogP contribution in [0.5, 0.6) is 0 Å². The lowest BCUT2D eigenvalue weighted by Gasteiger charge is -2.28. The smallest absolute Gasteiger partial charge is 0.287 e. The summed E-state index contributed by atoms with van der Waals surface area (Å²) in [5.74, 6) is 0.345. The Kier molecular flexibility index (Phi) is 9.27. The van der Waals surface area contributed by atoms with Crippen LogP contribution in [0.1, 0.15) is 78.1 Å². The Labute approximate surface area is 262 Å². The maximum atomic E-state index is 13.3. The molecule has 3 aromatic carbocycles. The van der Waals surface area contributed by atoms with Crippen molar-refractivity contribution in [2.24, 2.45) is 0 Å². The molecule has 0 radical (unpaired) electrons. The molecule has 4 aromatic rings. The van der Waals surface area contributed by atoms with E-state index in [-0.39, 0.29) is 23.1 Å². The van der Waals surface area contributed by atoms with E-state index in [1.165, 1.54) is 22.8 Å². The first-order valence-electron chi connectivity index (χ1n) is 15.5. The summed E-state index contributed by atoms with van der Waals surface area (Å²) in [6.07, 6.45) is 9.31. The quantitative estimate of drug-likeness (QED) is 0.199. The highest BCUT2D eigenvalue weighted by Gasteiger charge is 2.25. The van der Waals surface area contributed by atoms with Crippen LogP contribution in [0.4, 0.5) is 0 Å². The standard InChI is InChI=1S/C37H37ClN2O4/c38-29-18-13-26(14-19-29)22-30(39-37(43)35-23-33(41)32-8-3-4-9-34(32)44-35)20-15-25-11-16-27(17-12-25)31-7-2-1-6-28(31)24-40-21-5-10-36(40)42/h1-4,6-9,13-15,18-19,23,27,30H,5,10-12,16-17,20-22,24H2,(H,39,43)/t27?,30-/m1/s1. The van der Waals surface area contributed by atoms with Gasteiger partial charge in [-0.15, -0.1) is 0 Å². The first kappa shape index (κ1) is 29.9. The number of benzene rings is 3. The fourth-order valence-electron chi connectivity index (χ4n) is 6.54. The van der Waals surface area contributed by atoms with E-state index in [4.69, 9.17) is 16.0 Å². The number of carbonyl (C=O) groups is 2. The van der Waals surface area contributed by atoms with Gasteiger partial charge in [-0.05, 0) is 91.8 Å². The molecule has 1 aliphatic heterocycles. The normalized spacial score (nSPS) is 17.6. The van der Waals surface area contributed by atoms with E-state index in [1.807, 2.05) is 29.2 Å². The minimum Gasteiger partial charge on any atom is -0.451 e. The van der Waals surface area contributed by atoms with Crippen molar-refractivity contribution in [3.05, 3.63) is 128 Å². The van der Waals surface area contributed by atoms with Gasteiger partial charge in [-0.3, -0.25) is 14.4 Å². The van der Waals surface area contributed by atoms with E-state index >= 15 is 0 Å². The summed E-state index contributed by atoms with van der Waals surface area (Å²) >= 11 is 6.11. The average molecular weight is 609 g/mol. The Balaban J connectivity index is 1.13. The van der Waals surface area contributed by atoms with Crippen molar-refractivity contribution in [3.63, 3.8) is 0 Å². The third-order valence-corrected chi connectivity index (χ3v) is 9.19. The van der Waals surface area contributed by atoms with Crippen LogP contribution in [0.25, 0.3) is 11.0 Å². The van der Waals surface area contributed by atoms with Crippen LogP contribution in [-0.2, 0) is 17.8 Å². The molecule has 1 saturated heterocycles. The number of hydrogen-bond donors (Lipinski definition) is 1. The molecule has 0 bridgehead atoms. The van der Waals surface area contributed by atoms with Crippen LogP contribution >= 0.6 is 11.6 Å². The lowest BCUT2D eigenvalue weighted by atomic mass is 9.79. The van der Waals surface area contributed by atoms with E-state index in [0.717, 1.165) is 44.2 Å². The number of amides is 2. The molecule has 6 rings (SSSR count). The van der Waals surface area contributed by atoms with Gasteiger partial charge in [-0.25, -0.2) is 0 Å². The number of likely N-dealkylation sites (tertiary alicyclic amines) is 1. The van der Waals surface area contributed by atoms with Gasteiger partial charge in [0.1, 0.15) is 5.58 Å². The number of para-hydroxylation sites is 1. The van der Waals surface area contributed by atoms with Crippen LogP contribution in [0.2, 0.25) is 5.02 Å². The maximum Gasteiger partial charge on any atom is 0.287 e. The van der Waals surface area contributed by atoms with Gasteiger partial charge in [-0.1, -0.05) is 71.8 Å². The van der Waals surface area contributed by atoms with Gasteiger partial charge in [0.25, 0.3) is 5.91 Å². The lowest BCUT2D eigenvalue weighted by Crippen LogP contribution is -2.36. The maximum absolute atomic E-state index is 13.3. The predicted molar refractivity (Wildman–Crippen MR) is 174 cm³/mol. The third kappa shape index (κ3) is 7.13. The van der Waals surface area contributed by atoms with Crippen molar-refractivity contribution in [1.82, 2.24) is 10.2 Å². The summed E-state index contributed by atoms with van der Waals surface area (Å²) in [7, 11) is 0. The molecule has 1 aliphatic carbocycles. The number of nitrogens with one attached hydrogen (secondary N) is 1. The summed E-state index contributed by atoms with van der Waals surface area (Å²) in [5, 5.41) is 4.25. The Hall–Kier alpha value is -4.16. The summed E-state index contributed by atoms with van der Waals surface area (Å²) in [6.45, 7) is 1.56. The zero-order valence-electron chi connectivity index (χ0n) is 24.8. The van der Waals surface area contributed by atoms with E-state index < -0.39 is 5.91 Å². The van der Waals surface area contributed by atoms with Gasteiger partial charge in [0.2, 0.25) is 5.91 Å². The van der Waals surface area contributed by atoms with Crippen LogP contribution in [0, 0.1) is 0 Å². The van der Waals surface area contributed by atoms with Gasteiger partial charge in [0, 0.05) is 36.6 Å². The van der Waals surface area contributed by atoms with Crippen LogP contribution < -0.4 is 10.7 Å². The molecule has 1 saturated carbocycles. The molecule has 0 spiro atoms. The van der Waals surface area contributed by atoms with Crippen LogP contribution in [0.3, 0.4) is 0 Å². The van der Waals surface area contributed by atoms with Crippen LogP contribution in [0.15, 0.2) is 99.7 Å². The minimum atomic E-state index is -0.401. The third-order valence-electron chi connectivity index (χ3n) is 8.94. The summed E-state index contributed by atoms with van der Waals surface area (Å²) in [5.41, 5.74) is 5.27. The van der Waals surface area contributed by atoms with Crippen molar-refractivity contribution < 1.29 is 14.0 Å². The van der Waals surface area contributed by atoms with Gasteiger partial charge in [0.15, 0.2) is 11.2 Å². The summed E-state index contributed by atoms with van der Waals surface area (Å²) < 4.78 is 5.81. The van der Waals surface area contributed by atoms with E-state index in [9.17, 15) is 14.4 Å². The molecule has 2 amide bonds. The SMILES string of the molecule is O=C(N[C@H](CC=C1CCC(c2ccccc2CN2CCCC2=O)CC1)Cc1ccc(Cl)cc1)c1cc(=O)c2ccccc2o1. The molecule has 7 heteroatoms. The molecule has 0 unspecified atom stereocenters. The van der Waals surface area contributed by atoms with E-state index in [1.54, 1.807) is 24.3 Å². The number of hydrogen-bond acceptors (Lipinski definition) is 4. The molecule has 226 valence electrons. The first-order valence-corrected chi connectivity index (χ1v) is 15.9. The number of rotatable bonds is 9. The zero-order valence-corrected chi connectivity index (χ0v) is 25.5. The van der Waals surface area contributed by atoms with Crippen molar-refractivity contribution in [1.29, 1.82) is 0 Å². The number of allylic oxidation sites excluding steroid dienone is 1. The number of carbonyl (C=O) groups excluding carboxylic acids is 2. The average Bonchev–Trinajstić information content (AvgIpc) is 3.45. The molecule has 1 atom stereocenters. The number of halogens is 1. The Bertz CT molecular complexity index is 1730. The topological polar surface area (TPSA) is 79.6 Å². The Morgan fingerprint density at radius 1 is 0.977 bits per heavy atom. The molecule has 1 aromatic heterocycles.